The van der Waals surface area contributed by atoms with Crippen molar-refractivity contribution in [1.29, 1.82) is 0 Å². The van der Waals surface area contributed by atoms with Crippen LogP contribution >= 0.6 is 11.6 Å². The highest BCUT2D eigenvalue weighted by Gasteiger charge is 2.28. The summed E-state index contributed by atoms with van der Waals surface area (Å²) in [7, 11) is 2.91. The molecule has 26 heavy (non-hydrogen) atoms. The van der Waals surface area contributed by atoms with Crippen molar-refractivity contribution in [1.82, 2.24) is 5.32 Å². The van der Waals surface area contributed by atoms with E-state index in [1.165, 1.54) is 32.8 Å². The number of methoxy groups -OCH3 is 2. The van der Waals surface area contributed by atoms with Crippen LogP contribution in [0.4, 0.5) is 0 Å². The molecule has 0 radical (unpaired) electrons. The Morgan fingerprint density at radius 3 is 2.58 bits per heavy atom. The fourth-order valence-electron chi connectivity index (χ4n) is 3.28. The fraction of sp³-hybridized carbons (Fsp3) is 0.579. The molecule has 2 rings (SSSR count). The van der Waals surface area contributed by atoms with E-state index in [2.05, 4.69) is 19.2 Å². The zero-order chi connectivity index (χ0) is 19.3. The molecule has 0 heterocycles. The summed E-state index contributed by atoms with van der Waals surface area (Å²) in [6, 6.07) is 3.02. The van der Waals surface area contributed by atoms with Gasteiger partial charge < -0.3 is 19.5 Å². The first-order valence-electron chi connectivity index (χ1n) is 8.75. The Morgan fingerprint density at radius 2 is 1.92 bits per heavy atom. The van der Waals surface area contributed by atoms with E-state index in [0.29, 0.717) is 23.3 Å². The molecule has 1 N–H and O–H groups in total. The van der Waals surface area contributed by atoms with Crippen molar-refractivity contribution in [2.24, 2.45) is 11.8 Å². The Labute approximate surface area is 159 Å². The quantitative estimate of drug-likeness (QED) is 0.761. The number of ether oxygens (including phenoxy) is 3. The first-order chi connectivity index (χ1) is 12.4. The van der Waals surface area contributed by atoms with Crippen molar-refractivity contribution in [2.75, 3.05) is 20.8 Å². The average molecular weight is 384 g/mol. The van der Waals surface area contributed by atoms with E-state index in [-0.39, 0.29) is 29.1 Å². The highest BCUT2D eigenvalue weighted by molar-refractivity contribution is 6.32. The number of nitrogens with one attached hydrogen (secondary N) is 1. The van der Waals surface area contributed by atoms with Gasteiger partial charge >= 0.3 is 5.97 Å². The third-order valence-corrected chi connectivity index (χ3v) is 5.34. The van der Waals surface area contributed by atoms with Gasteiger partial charge in [-0.3, -0.25) is 4.79 Å². The van der Waals surface area contributed by atoms with Crippen LogP contribution in [0.3, 0.4) is 0 Å². The van der Waals surface area contributed by atoms with E-state index in [9.17, 15) is 9.59 Å². The number of carbonyl (C=O) groups is 2. The second-order valence-electron chi connectivity index (χ2n) is 6.71. The molecule has 0 unspecified atom stereocenters. The van der Waals surface area contributed by atoms with Crippen molar-refractivity contribution in [3.63, 3.8) is 0 Å². The van der Waals surface area contributed by atoms with Crippen molar-refractivity contribution in [2.45, 2.75) is 39.2 Å². The SMILES string of the molecule is COc1cc(C(=O)OCC(=O)N[C@H]2CCC[C@@H](C)[C@H]2C)cc(Cl)c1OC. The average Bonchev–Trinajstić information content (AvgIpc) is 2.62. The van der Waals surface area contributed by atoms with E-state index in [0.717, 1.165) is 12.8 Å². The van der Waals surface area contributed by atoms with Crippen LogP contribution in [0.1, 0.15) is 43.5 Å². The minimum absolute atomic E-state index is 0.125. The van der Waals surface area contributed by atoms with Crippen LogP contribution in [0.5, 0.6) is 11.5 Å². The van der Waals surface area contributed by atoms with Crippen molar-refractivity contribution < 1.29 is 23.8 Å². The summed E-state index contributed by atoms with van der Waals surface area (Å²) in [5.41, 5.74) is 0.195. The smallest absolute Gasteiger partial charge is 0.338 e. The molecule has 0 aliphatic heterocycles. The van der Waals surface area contributed by atoms with Crippen LogP contribution in [0.15, 0.2) is 12.1 Å². The van der Waals surface area contributed by atoms with Crippen LogP contribution < -0.4 is 14.8 Å². The Hall–Kier alpha value is -1.95. The van der Waals surface area contributed by atoms with Gasteiger partial charge in [0.05, 0.1) is 24.8 Å². The van der Waals surface area contributed by atoms with E-state index < -0.39 is 5.97 Å². The maximum Gasteiger partial charge on any atom is 0.338 e. The molecule has 0 aromatic heterocycles. The highest BCUT2D eigenvalue weighted by atomic mass is 35.5. The molecular formula is C19H26ClNO5. The number of hydrogen-bond acceptors (Lipinski definition) is 5. The summed E-state index contributed by atoms with van der Waals surface area (Å²) < 4.78 is 15.4. The molecule has 6 nitrogen and oxygen atoms in total. The summed E-state index contributed by atoms with van der Waals surface area (Å²) in [6.45, 7) is 4.01. The Morgan fingerprint density at radius 1 is 1.19 bits per heavy atom. The zero-order valence-corrected chi connectivity index (χ0v) is 16.4. The molecule has 7 heteroatoms. The van der Waals surface area contributed by atoms with Crippen LogP contribution in [-0.2, 0) is 9.53 Å². The number of hydrogen-bond donors (Lipinski definition) is 1. The lowest BCUT2D eigenvalue weighted by atomic mass is 9.78. The fourth-order valence-corrected chi connectivity index (χ4v) is 3.57. The largest absolute Gasteiger partial charge is 0.493 e. The Kier molecular flexibility index (Phi) is 7.14. The van der Waals surface area contributed by atoms with Crippen molar-refractivity contribution in [3.05, 3.63) is 22.7 Å². The lowest BCUT2D eigenvalue weighted by Gasteiger charge is -2.34. The van der Waals surface area contributed by atoms with Crippen molar-refractivity contribution in [3.8, 4) is 11.5 Å². The minimum atomic E-state index is -0.645. The van der Waals surface area contributed by atoms with Gasteiger partial charge in [-0.1, -0.05) is 38.3 Å². The molecule has 1 saturated carbocycles. The molecule has 1 fully saturated rings. The summed E-state index contributed by atoms with van der Waals surface area (Å²) in [5, 5.41) is 3.20. The molecule has 1 aliphatic carbocycles. The lowest BCUT2D eigenvalue weighted by molar-refractivity contribution is -0.125. The van der Waals surface area contributed by atoms with Gasteiger partial charge in [0.1, 0.15) is 0 Å². The van der Waals surface area contributed by atoms with Crippen molar-refractivity contribution >= 4 is 23.5 Å². The molecule has 1 aromatic rings. The van der Waals surface area contributed by atoms with Gasteiger partial charge in [-0.25, -0.2) is 4.79 Å². The van der Waals surface area contributed by atoms with Gasteiger partial charge in [0.15, 0.2) is 18.1 Å². The predicted octanol–water partition coefficient (Wildman–Crippen LogP) is 3.45. The number of benzene rings is 1. The van der Waals surface area contributed by atoms with Gasteiger partial charge in [0.2, 0.25) is 0 Å². The van der Waals surface area contributed by atoms with Crippen LogP contribution in [0.2, 0.25) is 5.02 Å². The van der Waals surface area contributed by atoms with E-state index in [1.807, 2.05) is 0 Å². The minimum Gasteiger partial charge on any atom is -0.493 e. The standard InChI is InChI=1S/C19H26ClNO5/c1-11-6-5-7-15(12(11)2)21-17(22)10-26-19(23)13-8-14(20)18(25-4)16(9-13)24-3/h8-9,11-12,15H,5-7,10H2,1-4H3,(H,21,22)/t11-,12-,15+/m1/s1. The number of halogens is 1. The molecular weight excluding hydrogens is 358 g/mol. The summed E-state index contributed by atoms with van der Waals surface area (Å²) >= 11 is 6.09. The number of rotatable bonds is 6. The maximum atomic E-state index is 12.2. The third-order valence-electron chi connectivity index (χ3n) is 5.06. The Balaban J connectivity index is 1.94. The van der Waals surface area contributed by atoms with Gasteiger partial charge in [-0.2, -0.15) is 0 Å². The lowest BCUT2D eigenvalue weighted by Crippen LogP contribution is -2.45. The maximum absolute atomic E-state index is 12.2. The van der Waals surface area contributed by atoms with Crippen LogP contribution in [0.25, 0.3) is 0 Å². The topological polar surface area (TPSA) is 73.9 Å². The van der Waals surface area contributed by atoms with E-state index in [4.69, 9.17) is 25.8 Å². The number of amides is 1. The number of carbonyl (C=O) groups excluding carboxylic acids is 2. The van der Waals surface area contributed by atoms with Gasteiger partial charge in [-0.05, 0) is 30.4 Å². The van der Waals surface area contributed by atoms with Crippen LogP contribution in [-0.4, -0.2) is 38.7 Å². The molecule has 144 valence electrons. The second-order valence-corrected chi connectivity index (χ2v) is 7.12. The molecule has 3 atom stereocenters. The molecule has 0 bridgehead atoms. The van der Waals surface area contributed by atoms with Crippen LogP contribution in [0, 0.1) is 11.8 Å². The summed E-state index contributed by atoms with van der Waals surface area (Å²) in [4.78, 5) is 24.4. The first-order valence-corrected chi connectivity index (χ1v) is 9.13. The third kappa shape index (κ3) is 4.81. The molecule has 0 saturated heterocycles. The van der Waals surface area contributed by atoms with Gasteiger partial charge in [0, 0.05) is 6.04 Å². The monoisotopic (exact) mass is 383 g/mol. The highest BCUT2D eigenvalue weighted by Crippen LogP contribution is 2.36. The molecule has 1 amide bonds. The molecule has 1 aromatic carbocycles. The van der Waals surface area contributed by atoms with Gasteiger partial charge in [-0.15, -0.1) is 0 Å². The first kappa shape index (κ1) is 20.4. The normalized spacial score (nSPS) is 22.4. The number of esters is 1. The van der Waals surface area contributed by atoms with E-state index >= 15 is 0 Å². The summed E-state index contributed by atoms with van der Waals surface area (Å²) in [6.07, 6.45) is 3.24. The zero-order valence-electron chi connectivity index (χ0n) is 15.6. The molecule has 0 spiro atoms. The van der Waals surface area contributed by atoms with Gasteiger partial charge in [0.25, 0.3) is 5.91 Å². The summed E-state index contributed by atoms with van der Waals surface area (Å²) in [5.74, 6) is 0.702. The molecule has 1 aliphatic rings. The van der Waals surface area contributed by atoms with E-state index in [1.54, 1.807) is 0 Å². The predicted molar refractivity (Wildman–Crippen MR) is 98.9 cm³/mol. The Bertz CT molecular complexity index is 664. The second kappa shape index (κ2) is 9.12.